The molecule has 2 aromatic rings. The molecule has 0 saturated carbocycles. The third-order valence-electron chi connectivity index (χ3n) is 6.11. The van der Waals surface area contributed by atoms with E-state index in [1.54, 1.807) is 42.4 Å². The summed E-state index contributed by atoms with van der Waals surface area (Å²) in [5.74, 6) is -2.26. The van der Waals surface area contributed by atoms with Gasteiger partial charge in [0.15, 0.2) is 5.78 Å². The summed E-state index contributed by atoms with van der Waals surface area (Å²) in [7, 11) is 0. The number of amides is 2. The van der Waals surface area contributed by atoms with Crippen LogP contribution in [0.4, 0.5) is 0 Å². The minimum absolute atomic E-state index is 0.237. The van der Waals surface area contributed by atoms with E-state index in [1.165, 1.54) is 4.90 Å². The molecule has 146 valence electrons. The quantitative estimate of drug-likeness (QED) is 0.579. The van der Waals surface area contributed by atoms with Crippen LogP contribution in [0.15, 0.2) is 53.6 Å². The van der Waals surface area contributed by atoms with E-state index < -0.39 is 23.9 Å². The predicted molar refractivity (Wildman–Crippen MR) is 108 cm³/mol. The fraction of sp³-hybridized carbons (Fsp3) is 0.273. The number of imide groups is 1. The monoisotopic (exact) mass is 407 g/mol. The summed E-state index contributed by atoms with van der Waals surface area (Å²) in [5.41, 5.74) is 2.14. The van der Waals surface area contributed by atoms with E-state index in [2.05, 4.69) is 5.10 Å². The molecule has 0 N–H and O–H groups in total. The van der Waals surface area contributed by atoms with Crippen molar-refractivity contribution in [2.24, 2.45) is 16.9 Å². The van der Waals surface area contributed by atoms with Crippen molar-refractivity contribution in [1.29, 1.82) is 0 Å². The van der Waals surface area contributed by atoms with Gasteiger partial charge in [0.1, 0.15) is 6.04 Å². The third kappa shape index (κ3) is 2.42. The highest BCUT2D eigenvalue weighted by Gasteiger charge is 2.64. The molecule has 0 unspecified atom stereocenters. The first-order chi connectivity index (χ1) is 14.0. The maximum absolute atomic E-state index is 13.5. The first-order valence-electron chi connectivity index (χ1n) is 9.59. The molecule has 0 spiro atoms. The number of benzene rings is 2. The second kappa shape index (κ2) is 6.52. The Labute approximate surface area is 172 Å². The predicted octanol–water partition coefficient (Wildman–Crippen LogP) is 2.92. The molecule has 0 aromatic heterocycles. The van der Waals surface area contributed by atoms with Crippen molar-refractivity contribution in [2.45, 2.75) is 19.0 Å². The Bertz CT molecular complexity index is 1080. The molecule has 2 saturated heterocycles. The van der Waals surface area contributed by atoms with Crippen LogP contribution in [0.1, 0.15) is 34.5 Å². The van der Waals surface area contributed by atoms with Gasteiger partial charge < -0.3 is 0 Å². The molecule has 0 bridgehead atoms. The van der Waals surface area contributed by atoms with E-state index >= 15 is 0 Å². The van der Waals surface area contributed by atoms with E-state index in [1.807, 2.05) is 24.3 Å². The van der Waals surface area contributed by atoms with Gasteiger partial charge in [0.2, 0.25) is 11.8 Å². The Balaban J connectivity index is 1.68. The first kappa shape index (κ1) is 18.1. The first-order valence-corrected chi connectivity index (χ1v) is 9.97. The van der Waals surface area contributed by atoms with Crippen LogP contribution in [-0.4, -0.2) is 46.3 Å². The Hall–Kier alpha value is -2.99. The number of halogens is 1. The van der Waals surface area contributed by atoms with Crippen LogP contribution in [0.25, 0.3) is 0 Å². The van der Waals surface area contributed by atoms with Gasteiger partial charge in [-0.2, -0.15) is 5.10 Å². The number of carbonyl (C=O) groups is 3. The van der Waals surface area contributed by atoms with Gasteiger partial charge in [-0.1, -0.05) is 48.0 Å². The number of hydrazone groups is 1. The summed E-state index contributed by atoms with van der Waals surface area (Å²) >= 11 is 6.28. The van der Waals surface area contributed by atoms with Gasteiger partial charge in [-0.3, -0.25) is 24.3 Å². The van der Waals surface area contributed by atoms with Crippen LogP contribution in [0.5, 0.6) is 0 Å². The minimum Gasteiger partial charge on any atom is -0.292 e. The summed E-state index contributed by atoms with van der Waals surface area (Å²) in [6, 6.07) is 13.1. The summed E-state index contributed by atoms with van der Waals surface area (Å²) in [6.45, 7) is 2.06. The maximum Gasteiger partial charge on any atom is 0.235 e. The highest BCUT2D eigenvalue weighted by molar-refractivity contribution is 6.34. The average molecular weight is 408 g/mol. The van der Waals surface area contributed by atoms with Crippen molar-refractivity contribution >= 4 is 35.4 Å². The molecule has 7 heteroatoms. The number of ketones is 1. The molecule has 5 rings (SSSR count). The van der Waals surface area contributed by atoms with Crippen LogP contribution in [-0.2, 0) is 9.59 Å². The molecule has 6 nitrogen and oxygen atoms in total. The Morgan fingerprint density at radius 3 is 2.48 bits per heavy atom. The fourth-order valence-electron chi connectivity index (χ4n) is 4.86. The van der Waals surface area contributed by atoms with Gasteiger partial charge in [0, 0.05) is 12.1 Å². The third-order valence-corrected chi connectivity index (χ3v) is 6.44. The van der Waals surface area contributed by atoms with Gasteiger partial charge in [-0.25, -0.2) is 0 Å². The zero-order valence-electron chi connectivity index (χ0n) is 15.7. The maximum atomic E-state index is 13.5. The topological polar surface area (TPSA) is 70.1 Å². The molecule has 0 aliphatic carbocycles. The van der Waals surface area contributed by atoms with Gasteiger partial charge >= 0.3 is 0 Å². The highest BCUT2D eigenvalue weighted by Crippen LogP contribution is 2.52. The molecule has 3 heterocycles. The number of nitrogens with zero attached hydrogens (tertiary/aromatic N) is 3. The Morgan fingerprint density at radius 2 is 1.72 bits per heavy atom. The molecule has 3 aliphatic rings. The molecule has 0 radical (unpaired) electrons. The van der Waals surface area contributed by atoms with Crippen LogP contribution < -0.4 is 0 Å². The number of rotatable bonds is 3. The van der Waals surface area contributed by atoms with Gasteiger partial charge in [0.05, 0.1) is 29.1 Å². The zero-order valence-corrected chi connectivity index (χ0v) is 16.4. The van der Waals surface area contributed by atoms with Crippen LogP contribution in [0, 0.1) is 11.8 Å². The van der Waals surface area contributed by atoms with Gasteiger partial charge in [-0.05, 0) is 30.2 Å². The van der Waals surface area contributed by atoms with E-state index in [9.17, 15) is 14.4 Å². The molecular weight excluding hydrogens is 390 g/mol. The molecule has 2 aromatic carbocycles. The lowest BCUT2D eigenvalue weighted by Crippen LogP contribution is -2.44. The standard InChI is InChI=1S/C22H18ClN3O3/c1-2-25-21(28)16-17(22(25)29)19(20(27)14-9-5-6-10-15(14)23)26-18(16)13-8-4-3-7-12(13)11-24-26/h3-11,16-19H,2H2,1H3/t16-,17-,18-,19+/m1/s1. The zero-order chi connectivity index (χ0) is 20.3. The number of likely N-dealkylation sites (tertiary alicyclic amines) is 1. The molecule has 2 amide bonds. The molecule has 29 heavy (non-hydrogen) atoms. The smallest absolute Gasteiger partial charge is 0.235 e. The van der Waals surface area contributed by atoms with Crippen LogP contribution in [0.2, 0.25) is 5.02 Å². The molecule has 2 fully saturated rings. The van der Waals surface area contributed by atoms with Crippen molar-refractivity contribution in [3.63, 3.8) is 0 Å². The summed E-state index contributed by atoms with van der Waals surface area (Å²) < 4.78 is 0. The number of hydrogen-bond donors (Lipinski definition) is 0. The van der Waals surface area contributed by atoms with Crippen molar-refractivity contribution in [3.05, 3.63) is 70.2 Å². The number of hydrogen-bond acceptors (Lipinski definition) is 5. The van der Waals surface area contributed by atoms with E-state index in [0.717, 1.165) is 11.1 Å². The average Bonchev–Trinajstić information content (AvgIpc) is 3.20. The minimum atomic E-state index is -0.873. The van der Waals surface area contributed by atoms with Crippen molar-refractivity contribution < 1.29 is 14.4 Å². The lowest BCUT2D eigenvalue weighted by atomic mass is 9.83. The van der Waals surface area contributed by atoms with Crippen molar-refractivity contribution in [1.82, 2.24) is 9.91 Å². The SMILES string of the molecule is CCN1C(=O)[C@@H]2[C@@H](C1=O)[C@H]1c3ccccc3C=NN1[C@@H]2C(=O)c1ccccc1Cl. The van der Waals surface area contributed by atoms with Gasteiger partial charge in [-0.15, -0.1) is 0 Å². The second-order valence-electron chi connectivity index (χ2n) is 7.46. The molecule has 3 aliphatic heterocycles. The highest BCUT2D eigenvalue weighted by atomic mass is 35.5. The summed E-state index contributed by atoms with van der Waals surface area (Å²) in [5, 5.41) is 6.48. The lowest BCUT2D eigenvalue weighted by Gasteiger charge is -2.33. The van der Waals surface area contributed by atoms with E-state index in [4.69, 9.17) is 11.6 Å². The van der Waals surface area contributed by atoms with E-state index in [-0.39, 0.29) is 24.1 Å². The number of carbonyl (C=O) groups excluding carboxylic acids is 3. The largest absolute Gasteiger partial charge is 0.292 e. The summed E-state index contributed by atoms with van der Waals surface area (Å²) in [6.07, 6.45) is 1.69. The molecule has 4 atom stereocenters. The number of fused-ring (bicyclic) bond motifs is 5. The van der Waals surface area contributed by atoms with Gasteiger partial charge in [0.25, 0.3) is 0 Å². The molecular formula is C22H18ClN3O3. The van der Waals surface area contributed by atoms with Crippen LogP contribution in [0.3, 0.4) is 0 Å². The lowest BCUT2D eigenvalue weighted by molar-refractivity contribution is -0.141. The second-order valence-corrected chi connectivity index (χ2v) is 7.87. The van der Waals surface area contributed by atoms with Crippen molar-refractivity contribution in [2.75, 3.05) is 6.54 Å². The summed E-state index contributed by atoms with van der Waals surface area (Å²) in [4.78, 5) is 41.1. The van der Waals surface area contributed by atoms with Crippen molar-refractivity contribution in [3.8, 4) is 0 Å². The van der Waals surface area contributed by atoms with E-state index in [0.29, 0.717) is 10.6 Å². The Kier molecular flexibility index (Phi) is 4.06. The van der Waals surface area contributed by atoms with Crippen LogP contribution >= 0.6 is 11.6 Å². The normalized spacial score (nSPS) is 27.1. The number of Topliss-reactive ketones (excluding diaryl/α,β-unsaturated/α-hetero) is 1. The Morgan fingerprint density at radius 1 is 1.03 bits per heavy atom. The fourth-order valence-corrected chi connectivity index (χ4v) is 5.09.